The van der Waals surface area contributed by atoms with Gasteiger partial charge in [0.05, 0.1) is 0 Å². The molecular formula is C15H21NO. The SMILES string of the molecule is C=CC(=C\C=C/C)/C(C)=N\C(C)=C(/C)C(C)=O. The Kier molecular flexibility index (Phi) is 6.80. The molecule has 0 aliphatic rings. The Morgan fingerprint density at radius 1 is 1.18 bits per heavy atom. The number of carbonyl (C=O) groups excluding carboxylic acids is 1. The highest BCUT2D eigenvalue weighted by atomic mass is 16.1. The molecule has 0 unspecified atom stereocenters. The van der Waals surface area contributed by atoms with E-state index in [-0.39, 0.29) is 5.78 Å². The third-order valence-corrected chi connectivity index (χ3v) is 2.51. The molecule has 0 N–H and O–H groups in total. The molecule has 0 amide bonds. The van der Waals surface area contributed by atoms with Crippen molar-refractivity contribution >= 4 is 11.5 Å². The summed E-state index contributed by atoms with van der Waals surface area (Å²) in [6, 6.07) is 0. The minimum Gasteiger partial charge on any atom is -0.295 e. The first-order valence-corrected chi connectivity index (χ1v) is 5.63. The number of ketones is 1. The maximum absolute atomic E-state index is 11.2. The van der Waals surface area contributed by atoms with E-state index in [4.69, 9.17) is 0 Å². The third kappa shape index (κ3) is 5.25. The molecule has 0 radical (unpaired) electrons. The van der Waals surface area contributed by atoms with Crippen LogP contribution in [0.15, 0.2) is 52.7 Å². The molecule has 0 aliphatic heterocycles. The molecule has 0 atom stereocenters. The van der Waals surface area contributed by atoms with Gasteiger partial charge in [-0.2, -0.15) is 0 Å². The molecule has 0 bridgehead atoms. The Balaban J connectivity index is 5.29. The van der Waals surface area contributed by atoms with Gasteiger partial charge in [-0.05, 0) is 40.2 Å². The van der Waals surface area contributed by atoms with E-state index >= 15 is 0 Å². The number of aliphatic imine (C=N–C) groups is 1. The van der Waals surface area contributed by atoms with Gasteiger partial charge in [0, 0.05) is 17.0 Å². The monoisotopic (exact) mass is 231 g/mol. The van der Waals surface area contributed by atoms with Crippen LogP contribution in [0.4, 0.5) is 0 Å². The van der Waals surface area contributed by atoms with E-state index in [1.165, 1.54) is 0 Å². The quantitative estimate of drug-likeness (QED) is 0.399. The van der Waals surface area contributed by atoms with Crippen LogP contribution in [0.5, 0.6) is 0 Å². The predicted molar refractivity (Wildman–Crippen MR) is 75.3 cm³/mol. The van der Waals surface area contributed by atoms with Crippen molar-refractivity contribution in [3.63, 3.8) is 0 Å². The van der Waals surface area contributed by atoms with E-state index < -0.39 is 0 Å². The van der Waals surface area contributed by atoms with Gasteiger partial charge in [0.25, 0.3) is 0 Å². The molecule has 2 nitrogen and oxygen atoms in total. The van der Waals surface area contributed by atoms with Gasteiger partial charge in [-0.3, -0.25) is 9.79 Å². The molecule has 0 rings (SSSR count). The second-order valence-electron chi connectivity index (χ2n) is 3.82. The van der Waals surface area contributed by atoms with Crippen LogP contribution in [0.2, 0.25) is 0 Å². The fraction of sp³-hybridized carbons (Fsp3) is 0.333. The van der Waals surface area contributed by atoms with Crippen LogP contribution in [0.1, 0.15) is 34.6 Å². The summed E-state index contributed by atoms with van der Waals surface area (Å²) in [5.74, 6) is 0.0524. The maximum Gasteiger partial charge on any atom is 0.157 e. The minimum absolute atomic E-state index is 0.0524. The minimum atomic E-state index is 0.0524. The van der Waals surface area contributed by atoms with Crippen LogP contribution in [-0.2, 0) is 4.79 Å². The summed E-state index contributed by atoms with van der Waals surface area (Å²) in [6.45, 7) is 12.8. The van der Waals surface area contributed by atoms with Crippen LogP contribution < -0.4 is 0 Å². The lowest BCUT2D eigenvalue weighted by Gasteiger charge is -2.03. The highest BCUT2D eigenvalue weighted by Crippen LogP contribution is 2.09. The number of rotatable bonds is 5. The number of Topliss-reactive ketones (excluding diaryl/α,β-unsaturated/α-hetero) is 1. The standard InChI is InChI=1S/C15H21NO/c1-7-9-10-15(8-2)13(5)16-12(4)11(3)14(6)17/h7-10H,2H2,1,3-6H3/b9-7-,12-11+,15-10+,16-13-. The van der Waals surface area contributed by atoms with Gasteiger partial charge >= 0.3 is 0 Å². The Hall–Kier alpha value is -1.70. The zero-order valence-electron chi connectivity index (χ0n) is 11.4. The predicted octanol–water partition coefficient (Wildman–Crippen LogP) is 4.02. The number of carbonyl (C=O) groups is 1. The number of nitrogens with zero attached hydrogens (tertiary/aromatic N) is 1. The molecule has 17 heavy (non-hydrogen) atoms. The van der Waals surface area contributed by atoms with Gasteiger partial charge in [0.15, 0.2) is 5.78 Å². The summed E-state index contributed by atoms with van der Waals surface area (Å²) in [5, 5.41) is 0. The van der Waals surface area contributed by atoms with Crippen molar-refractivity contribution in [2.24, 2.45) is 4.99 Å². The van der Waals surface area contributed by atoms with Gasteiger partial charge in [0.1, 0.15) is 0 Å². The summed E-state index contributed by atoms with van der Waals surface area (Å²) in [4.78, 5) is 15.6. The number of hydrogen-bond donors (Lipinski definition) is 0. The summed E-state index contributed by atoms with van der Waals surface area (Å²) in [5.41, 5.74) is 3.26. The van der Waals surface area contributed by atoms with E-state index in [1.807, 2.05) is 39.0 Å². The van der Waals surface area contributed by atoms with Crippen LogP contribution in [0.3, 0.4) is 0 Å². The number of allylic oxidation sites excluding steroid dienone is 7. The van der Waals surface area contributed by atoms with Gasteiger partial charge in [-0.15, -0.1) is 0 Å². The molecule has 0 aromatic heterocycles. The molecule has 0 aromatic carbocycles. The molecule has 0 saturated heterocycles. The van der Waals surface area contributed by atoms with Crippen molar-refractivity contribution in [1.29, 1.82) is 0 Å². The molecule has 0 aliphatic carbocycles. The Morgan fingerprint density at radius 2 is 1.76 bits per heavy atom. The third-order valence-electron chi connectivity index (χ3n) is 2.51. The van der Waals surface area contributed by atoms with Crippen LogP contribution >= 0.6 is 0 Å². The molecule has 0 aromatic rings. The second-order valence-corrected chi connectivity index (χ2v) is 3.82. The fourth-order valence-corrected chi connectivity index (χ4v) is 1.19. The van der Waals surface area contributed by atoms with Crippen LogP contribution in [0, 0.1) is 0 Å². The van der Waals surface area contributed by atoms with E-state index in [9.17, 15) is 4.79 Å². The lowest BCUT2D eigenvalue weighted by molar-refractivity contribution is -0.113. The number of hydrogen-bond acceptors (Lipinski definition) is 2. The van der Waals surface area contributed by atoms with Crippen molar-refractivity contribution in [2.45, 2.75) is 34.6 Å². The van der Waals surface area contributed by atoms with Crippen molar-refractivity contribution in [1.82, 2.24) is 0 Å². The summed E-state index contributed by atoms with van der Waals surface area (Å²) >= 11 is 0. The first-order chi connectivity index (χ1) is 7.93. The van der Waals surface area contributed by atoms with E-state index in [0.717, 1.165) is 17.0 Å². The maximum atomic E-state index is 11.2. The molecule has 92 valence electrons. The molecule has 0 fully saturated rings. The normalized spacial score (nSPS) is 14.9. The fourth-order valence-electron chi connectivity index (χ4n) is 1.19. The van der Waals surface area contributed by atoms with E-state index in [1.54, 1.807) is 19.9 Å². The Morgan fingerprint density at radius 3 is 2.18 bits per heavy atom. The van der Waals surface area contributed by atoms with Crippen molar-refractivity contribution in [2.75, 3.05) is 0 Å². The smallest absolute Gasteiger partial charge is 0.157 e. The Labute approximate surface area is 104 Å². The topological polar surface area (TPSA) is 29.4 Å². The lowest BCUT2D eigenvalue weighted by Crippen LogP contribution is -1.99. The largest absolute Gasteiger partial charge is 0.295 e. The summed E-state index contributed by atoms with van der Waals surface area (Å²) in [6.07, 6.45) is 7.59. The molecule has 2 heteroatoms. The molecule has 0 spiro atoms. The average molecular weight is 231 g/mol. The molecule has 0 heterocycles. The van der Waals surface area contributed by atoms with Crippen LogP contribution in [-0.4, -0.2) is 11.5 Å². The van der Waals surface area contributed by atoms with Crippen molar-refractivity contribution in [3.8, 4) is 0 Å². The van der Waals surface area contributed by atoms with E-state index in [0.29, 0.717) is 5.57 Å². The Bertz CT molecular complexity index is 420. The van der Waals surface area contributed by atoms with E-state index in [2.05, 4.69) is 11.6 Å². The van der Waals surface area contributed by atoms with Gasteiger partial charge in [0.2, 0.25) is 0 Å². The molecule has 0 saturated carbocycles. The zero-order valence-corrected chi connectivity index (χ0v) is 11.4. The zero-order chi connectivity index (χ0) is 13.4. The van der Waals surface area contributed by atoms with Gasteiger partial charge in [-0.25, -0.2) is 0 Å². The summed E-state index contributed by atoms with van der Waals surface area (Å²) in [7, 11) is 0. The average Bonchev–Trinajstić information content (AvgIpc) is 2.28. The van der Waals surface area contributed by atoms with Crippen molar-refractivity contribution < 1.29 is 4.79 Å². The van der Waals surface area contributed by atoms with Gasteiger partial charge < -0.3 is 0 Å². The van der Waals surface area contributed by atoms with Crippen LogP contribution in [0.25, 0.3) is 0 Å². The molecular weight excluding hydrogens is 210 g/mol. The highest BCUT2D eigenvalue weighted by Gasteiger charge is 2.02. The summed E-state index contributed by atoms with van der Waals surface area (Å²) < 4.78 is 0. The highest BCUT2D eigenvalue weighted by molar-refractivity contribution is 6.02. The van der Waals surface area contributed by atoms with Crippen molar-refractivity contribution in [3.05, 3.63) is 47.7 Å². The second kappa shape index (κ2) is 7.55. The first-order valence-electron chi connectivity index (χ1n) is 5.63. The lowest BCUT2D eigenvalue weighted by atomic mass is 10.1. The first kappa shape index (κ1) is 15.3. The van der Waals surface area contributed by atoms with Gasteiger partial charge in [-0.1, -0.05) is 30.9 Å².